The van der Waals surface area contributed by atoms with Crippen LogP contribution in [0.5, 0.6) is 11.5 Å². The molecule has 0 aliphatic rings. The summed E-state index contributed by atoms with van der Waals surface area (Å²) in [4.78, 5) is 11.9. The largest absolute Gasteiger partial charge is 0.493 e. The van der Waals surface area contributed by atoms with E-state index in [1.54, 1.807) is 7.11 Å². The summed E-state index contributed by atoms with van der Waals surface area (Å²) in [5.41, 5.74) is 8.72. The summed E-state index contributed by atoms with van der Waals surface area (Å²) in [6, 6.07) is 14.0. The number of rotatable bonds is 10. The third-order valence-corrected chi connectivity index (χ3v) is 4.42. The zero-order valence-corrected chi connectivity index (χ0v) is 17.0. The highest BCUT2D eigenvalue weighted by atomic mass is 16.6. The van der Waals surface area contributed by atoms with Crippen molar-refractivity contribution in [2.45, 2.75) is 20.1 Å². The average Bonchev–Trinajstić information content (AvgIpc) is 3.19. The quantitative estimate of drug-likeness (QED) is 0.433. The van der Waals surface area contributed by atoms with Crippen molar-refractivity contribution in [1.82, 2.24) is 20.9 Å². The summed E-state index contributed by atoms with van der Waals surface area (Å²) in [5.74, 6) is 0.897. The van der Waals surface area contributed by atoms with Crippen LogP contribution in [-0.4, -0.2) is 36.4 Å². The van der Waals surface area contributed by atoms with E-state index in [0.717, 1.165) is 11.1 Å². The minimum absolute atomic E-state index is 0.0189. The van der Waals surface area contributed by atoms with E-state index in [4.69, 9.17) is 15.2 Å². The first-order valence-corrected chi connectivity index (χ1v) is 9.49. The van der Waals surface area contributed by atoms with Crippen LogP contribution in [-0.2, 0) is 13.2 Å². The van der Waals surface area contributed by atoms with Crippen LogP contribution in [0.1, 0.15) is 27.2 Å². The third kappa shape index (κ3) is 5.48. The predicted octanol–water partition coefficient (Wildman–Crippen LogP) is 2.07. The molecule has 3 rings (SSSR count). The van der Waals surface area contributed by atoms with E-state index < -0.39 is 5.91 Å². The lowest BCUT2D eigenvalue weighted by Gasteiger charge is -2.16. The minimum atomic E-state index is -0.431. The second kappa shape index (κ2) is 10.3. The van der Waals surface area contributed by atoms with E-state index >= 15 is 0 Å². The van der Waals surface area contributed by atoms with Crippen molar-refractivity contribution in [2.75, 3.05) is 25.9 Å². The molecule has 0 saturated carbocycles. The summed E-state index contributed by atoms with van der Waals surface area (Å²) in [6.07, 6.45) is 0. The van der Waals surface area contributed by atoms with Gasteiger partial charge in [0.1, 0.15) is 6.61 Å². The summed E-state index contributed by atoms with van der Waals surface area (Å²) in [5, 5.41) is 12.8. The Bertz CT molecular complexity index is 972. The average molecular weight is 411 g/mol. The topological polar surface area (TPSA) is 125 Å². The molecule has 0 unspecified atom stereocenters. The number of amides is 1. The lowest BCUT2D eigenvalue weighted by molar-refractivity contribution is 0.0944. The van der Waals surface area contributed by atoms with Gasteiger partial charge in [0, 0.05) is 25.2 Å². The van der Waals surface area contributed by atoms with Crippen molar-refractivity contribution in [1.29, 1.82) is 0 Å². The normalized spacial score (nSPS) is 10.6. The van der Waals surface area contributed by atoms with Gasteiger partial charge < -0.3 is 25.8 Å². The predicted molar refractivity (Wildman–Crippen MR) is 111 cm³/mol. The number of ether oxygens (including phenoxy) is 2. The summed E-state index contributed by atoms with van der Waals surface area (Å²) < 4.78 is 16.0. The molecule has 30 heavy (non-hydrogen) atoms. The SMILES string of the molecule is COc1cccc(CNCCNC(=O)c2nonc2N)c1OCc1ccc(C)cc1. The van der Waals surface area contributed by atoms with E-state index in [0.29, 0.717) is 37.7 Å². The van der Waals surface area contributed by atoms with Gasteiger partial charge in [-0.3, -0.25) is 4.79 Å². The van der Waals surface area contributed by atoms with Crippen LogP contribution in [0.3, 0.4) is 0 Å². The van der Waals surface area contributed by atoms with Gasteiger partial charge in [-0.05, 0) is 28.9 Å². The van der Waals surface area contributed by atoms with Gasteiger partial charge in [-0.2, -0.15) is 0 Å². The summed E-state index contributed by atoms with van der Waals surface area (Å²) in [6.45, 7) is 3.95. The highest BCUT2D eigenvalue weighted by Gasteiger charge is 2.15. The Kier molecular flexibility index (Phi) is 7.23. The van der Waals surface area contributed by atoms with Gasteiger partial charge in [0.2, 0.25) is 11.5 Å². The Hall–Kier alpha value is -3.59. The van der Waals surface area contributed by atoms with E-state index in [1.807, 2.05) is 30.3 Å². The molecular weight excluding hydrogens is 386 g/mol. The van der Waals surface area contributed by atoms with Crippen LogP contribution in [0.25, 0.3) is 0 Å². The van der Waals surface area contributed by atoms with Gasteiger partial charge >= 0.3 is 0 Å². The number of carbonyl (C=O) groups is 1. The van der Waals surface area contributed by atoms with Crippen molar-refractivity contribution in [2.24, 2.45) is 0 Å². The Morgan fingerprint density at radius 1 is 1.13 bits per heavy atom. The van der Waals surface area contributed by atoms with Crippen molar-refractivity contribution in [3.8, 4) is 11.5 Å². The molecule has 1 aromatic heterocycles. The van der Waals surface area contributed by atoms with E-state index in [9.17, 15) is 4.79 Å². The molecule has 158 valence electrons. The molecule has 1 amide bonds. The summed E-state index contributed by atoms with van der Waals surface area (Å²) in [7, 11) is 1.62. The van der Waals surface area contributed by atoms with Crippen LogP contribution < -0.4 is 25.8 Å². The van der Waals surface area contributed by atoms with Crippen LogP contribution in [0.2, 0.25) is 0 Å². The number of hydrogen-bond acceptors (Lipinski definition) is 8. The second-order valence-electron chi connectivity index (χ2n) is 6.65. The molecular formula is C21H25N5O4. The van der Waals surface area contributed by atoms with Gasteiger partial charge in [-0.25, -0.2) is 4.63 Å². The van der Waals surface area contributed by atoms with Gasteiger partial charge in [-0.15, -0.1) is 0 Å². The van der Waals surface area contributed by atoms with Crippen LogP contribution in [0, 0.1) is 6.92 Å². The zero-order valence-electron chi connectivity index (χ0n) is 17.0. The lowest BCUT2D eigenvalue weighted by atomic mass is 10.1. The molecule has 0 aliphatic carbocycles. The van der Waals surface area contributed by atoms with Gasteiger partial charge in [0.15, 0.2) is 11.5 Å². The molecule has 0 atom stereocenters. The fraction of sp³-hybridized carbons (Fsp3) is 0.286. The summed E-state index contributed by atoms with van der Waals surface area (Å²) >= 11 is 0. The Balaban J connectivity index is 1.53. The fourth-order valence-electron chi connectivity index (χ4n) is 2.79. The molecule has 0 fully saturated rings. The maximum Gasteiger partial charge on any atom is 0.277 e. The van der Waals surface area contributed by atoms with Gasteiger partial charge in [-0.1, -0.05) is 42.0 Å². The number of carbonyl (C=O) groups excluding carboxylic acids is 1. The number of methoxy groups -OCH3 is 1. The number of para-hydroxylation sites is 1. The Morgan fingerprint density at radius 3 is 2.63 bits per heavy atom. The van der Waals surface area contributed by atoms with E-state index in [-0.39, 0.29) is 11.5 Å². The number of anilines is 1. The van der Waals surface area contributed by atoms with Crippen LogP contribution in [0.4, 0.5) is 5.82 Å². The monoisotopic (exact) mass is 411 g/mol. The van der Waals surface area contributed by atoms with Crippen molar-refractivity contribution < 1.29 is 18.9 Å². The molecule has 0 saturated heterocycles. The standard InChI is InChI=1S/C21H25N5O4/c1-14-6-8-15(9-7-14)13-29-19-16(4-3-5-17(19)28-2)12-23-10-11-24-21(27)18-20(22)26-30-25-18/h3-9,23H,10-13H2,1-2H3,(H2,22,26)(H,24,27). The fourth-order valence-corrected chi connectivity index (χ4v) is 2.79. The smallest absolute Gasteiger partial charge is 0.277 e. The van der Waals surface area contributed by atoms with Crippen LogP contribution >= 0.6 is 0 Å². The van der Waals surface area contributed by atoms with Gasteiger partial charge in [0.05, 0.1) is 7.11 Å². The Labute approximate surface area is 174 Å². The first-order valence-electron chi connectivity index (χ1n) is 9.49. The number of nitrogens with one attached hydrogen (secondary N) is 2. The third-order valence-electron chi connectivity index (χ3n) is 4.42. The number of nitrogens with two attached hydrogens (primary N) is 1. The van der Waals surface area contributed by atoms with E-state index in [2.05, 4.69) is 44.6 Å². The number of nitrogens with zero attached hydrogens (tertiary/aromatic N) is 2. The highest BCUT2D eigenvalue weighted by Crippen LogP contribution is 2.31. The molecule has 0 spiro atoms. The molecule has 2 aromatic carbocycles. The number of hydrogen-bond donors (Lipinski definition) is 3. The zero-order chi connectivity index (χ0) is 21.3. The molecule has 3 aromatic rings. The van der Waals surface area contributed by atoms with E-state index in [1.165, 1.54) is 5.56 Å². The van der Waals surface area contributed by atoms with Crippen LogP contribution in [0.15, 0.2) is 47.1 Å². The number of aryl methyl sites for hydroxylation is 1. The Morgan fingerprint density at radius 2 is 1.93 bits per heavy atom. The van der Waals surface area contributed by atoms with Crippen molar-refractivity contribution in [3.63, 3.8) is 0 Å². The van der Waals surface area contributed by atoms with Gasteiger partial charge in [0.25, 0.3) is 5.91 Å². The highest BCUT2D eigenvalue weighted by molar-refractivity contribution is 5.95. The maximum atomic E-state index is 11.9. The number of aromatic nitrogens is 2. The number of benzene rings is 2. The first kappa shape index (κ1) is 21.1. The molecule has 0 aliphatic heterocycles. The first-order chi connectivity index (χ1) is 14.6. The molecule has 4 N–H and O–H groups in total. The van der Waals surface area contributed by atoms with Crippen molar-refractivity contribution in [3.05, 3.63) is 64.8 Å². The maximum absolute atomic E-state index is 11.9. The molecule has 9 heteroatoms. The second-order valence-corrected chi connectivity index (χ2v) is 6.65. The lowest BCUT2D eigenvalue weighted by Crippen LogP contribution is -2.32. The molecule has 0 radical (unpaired) electrons. The minimum Gasteiger partial charge on any atom is -0.493 e. The number of nitrogen functional groups attached to an aromatic ring is 1. The van der Waals surface area contributed by atoms with Crippen molar-refractivity contribution >= 4 is 11.7 Å². The molecule has 9 nitrogen and oxygen atoms in total. The molecule has 0 bridgehead atoms. The molecule has 1 heterocycles.